The Morgan fingerprint density at radius 3 is 2.16 bits per heavy atom. The van der Waals surface area contributed by atoms with Crippen molar-refractivity contribution in [2.75, 3.05) is 5.32 Å². The van der Waals surface area contributed by atoms with E-state index < -0.39 is 0 Å². The highest BCUT2D eigenvalue weighted by Gasteiger charge is 2.08. The molecule has 0 saturated carbocycles. The second-order valence-corrected chi connectivity index (χ2v) is 6.29. The van der Waals surface area contributed by atoms with E-state index >= 15 is 0 Å². The number of anilines is 1. The summed E-state index contributed by atoms with van der Waals surface area (Å²) in [5.41, 5.74) is 5.18. The number of benzene rings is 2. The molecule has 2 aromatic rings. The maximum Gasteiger partial charge on any atom is 0.109 e. The van der Waals surface area contributed by atoms with Gasteiger partial charge >= 0.3 is 0 Å². The van der Waals surface area contributed by atoms with Gasteiger partial charge < -0.3 is 5.32 Å². The lowest BCUT2D eigenvalue weighted by Crippen LogP contribution is -2.18. The van der Waals surface area contributed by atoms with Gasteiger partial charge in [-0.3, -0.25) is 0 Å². The summed E-state index contributed by atoms with van der Waals surface area (Å²) in [6.07, 6.45) is 3.70. The number of hydrogen-bond acceptors (Lipinski definition) is 1. The molecular weight excluding hydrogens is 304 g/mol. The highest BCUT2D eigenvalue weighted by atomic mass is 15.0. The van der Waals surface area contributed by atoms with Gasteiger partial charge in [0.25, 0.3) is 0 Å². The van der Waals surface area contributed by atoms with Crippen molar-refractivity contribution in [2.45, 2.75) is 20.8 Å². The molecule has 1 N–H and O–H groups in total. The lowest BCUT2D eigenvalue weighted by Gasteiger charge is -2.15. The summed E-state index contributed by atoms with van der Waals surface area (Å²) in [5.74, 6) is 1.18. The maximum atomic E-state index is 4.87. The summed E-state index contributed by atoms with van der Waals surface area (Å²) in [6.45, 7) is 14.1. The number of aliphatic imine (C=N–C) groups is 1. The Kier molecular flexibility index (Phi) is 6.53. The smallest absolute Gasteiger partial charge is 0.109 e. The van der Waals surface area contributed by atoms with Crippen LogP contribution in [0.1, 0.15) is 31.9 Å². The van der Waals surface area contributed by atoms with Gasteiger partial charge in [-0.05, 0) is 30.7 Å². The predicted octanol–water partition coefficient (Wildman–Crippen LogP) is 6.41. The Balaban J connectivity index is 2.32. The van der Waals surface area contributed by atoms with Crippen LogP contribution in [-0.4, -0.2) is 5.84 Å². The minimum atomic E-state index is 0.262. The summed E-state index contributed by atoms with van der Waals surface area (Å²) < 4.78 is 0. The largest absolute Gasteiger partial charge is 0.344 e. The van der Waals surface area contributed by atoms with E-state index in [1.165, 1.54) is 0 Å². The van der Waals surface area contributed by atoms with Crippen LogP contribution in [0.3, 0.4) is 0 Å². The second kappa shape index (κ2) is 8.84. The van der Waals surface area contributed by atoms with E-state index in [2.05, 4.69) is 68.7 Å². The molecule has 0 atom stereocenters. The topological polar surface area (TPSA) is 24.4 Å². The van der Waals surface area contributed by atoms with Gasteiger partial charge in [-0.2, -0.15) is 0 Å². The fourth-order valence-corrected chi connectivity index (χ4v) is 2.34. The molecule has 0 radical (unpaired) electrons. The quantitative estimate of drug-likeness (QED) is 0.369. The van der Waals surface area contributed by atoms with Gasteiger partial charge in [0.1, 0.15) is 5.84 Å². The highest BCUT2D eigenvalue weighted by molar-refractivity contribution is 6.00. The van der Waals surface area contributed by atoms with Crippen LogP contribution in [0.2, 0.25) is 0 Å². The van der Waals surface area contributed by atoms with Crippen molar-refractivity contribution >= 4 is 22.8 Å². The Morgan fingerprint density at radius 1 is 1.00 bits per heavy atom. The standard InChI is InChI=1S/C23H26N2/c1-6-10-22(20-11-8-7-9-12-20)25-23(18(4)5)24-21-15-13-19(14-16-21)17(2)3/h6-16,18H,1-2H2,3-5H3,(H,24,25)/b22-10-. The van der Waals surface area contributed by atoms with E-state index in [0.29, 0.717) is 0 Å². The van der Waals surface area contributed by atoms with Gasteiger partial charge in [-0.25, -0.2) is 4.99 Å². The summed E-state index contributed by atoms with van der Waals surface area (Å²) in [6, 6.07) is 18.4. The predicted molar refractivity (Wildman–Crippen MR) is 112 cm³/mol. The first kappa shape index (κ1) is 18.5. The average molecular weight is 330 g/mol. The highest BCUT2D eigenvalue weighted by Crippen LogP contribution is 2.20. The summed E-state index contributed by atoms with van der Waals surface area (Å²) in [7, 11) is 0. The number of allylic oxidation sites excluding steroid dienone is 3. The summed E-state index contributed by atoms with van der Waals surface area (Å²) in [5, 5.41) is 3.45. The van der Waals surface area contributed by atoms with Gasteiger partial charge in [0.2, 0.25) is 0 Å². The zero-order valence-corrected chi connectivity index (χ0v) is 15.3. The Morgan fingerprint density at radius 2 is 1.64 bits per heavy atom. The van der Waals surface area contributed by atoms with Crippen LogP contribution in [-0.2, 0) is 0 Å². The zero-order valence-electron chi connectivity index (χ0n) is 15.3. The van der Waals surface area contributed by atoms with Gasteiger partial charge in [0.05, 0.1) is 5.70 Å². The van der Waals surface area contributed by atoms with Crippen LogP contribution in [0, 0.1) is 5.92 Å². The Hall–Kier alpha value is -2.87. The van der Waals surface area contributed by atoms with Crippen molar-refractivity contribution < 1.29 is 0 Å². The van der Waals surface area contributed by atoms with E-state index in [0.717, 1.165) is 33.9 Å². The van der Waals surface area contributed by atoms with Crippen LogP contribution in [0.15, 0.2) is 84.9 Å². The number of nitrogens with one attached hydrogen (secondary N) is 1. The molecule has 128 valence electrons. The fourth-order valence-electron chi connectivity index (χ4n) is 2.34. The van der Waals surface area contributed by atoms with Crippen molar-refractivity contribution in [3.63, 3.8) is 0 Å². The first-order valence-electron chi connectivity index (χ1n) is 8.51. The minimum Gasteiger partial charge on any atom is -0.344 e. The van der Waals surface area contributed by atoms with Crippen LogP contribution < -0.4 is 5.32 Å². The average Bonchev–Trinajstić information content (AvgIpc) is 2.61. The molecule has 0 heterocycles. The van der Waals surface area contributed by atoms with Crippen molar-refractivity contribution in [2.24, 2.45) is 10.9 Å². The lowest BCUT2D eigenvalue weighted by atomic mass is 10.1. The molecule has 2 rings (SSSR count). The molecular formula is C23H26N2. The van der Waals surface area contributed by atoms with Crippen LogP contribution in [0.5, 0.6) is 0 Å². The number of rotatable bonds is 6. The molecule has 0 bridgehead atoms. The van der Waals surface area contributed by atoms with Crippen LogP contribution in [0.4, 0.5) is 5.69 Å². The monoisotopic (exact) mass is 330 g/mol. The molecule has 0 aliphatic heterocycles. The van der Waals surface area contributed by atoms with Gasteiger partial charge in [-0.1, -0.05) is 81.1 Å². The molecule has 0 spiro atoms. The molecule has 0 aromatic heterocycles. The third-order valence-electron chi connectivity index (χ3n) is 3.78. The van der Waals surface area contributed by atoms with Crippen molar-refractivity contribution in [3.8, 4) is 0 Å². The molecule has 0 unspecified atom stereocenters. The molecule has 0 amide bonds. The fraction of sp³-hybridized carbons (Fsp3) is 0.174. The molecule has 2 heteroatoms. The van der Waals surface area contributed by atoms with E-state index in [-0.39, 0.29) is 5.92 Å². The lowest BCUT2D eigenvalue weighted by molar-refractivity contribution is 0.881. The molecule has 25 heavy (non-hydrogen) atoms. The molecule has 2 nitrogen and oxygen atoms in total. The van der Waals surface area contributed by atoms with E-state index in [9.17, 15) is 0 Å². The maximum absolute atomic E-state index is 4.87. The van der Waals surface area contributed by atoms with Crippen molar-refractivity contribution in [1.29, 1.82) is 0 Å². The summed E-state index contributed by atoms with van der Waals surface area (Å²) >= 11 is 0. The third kappa shape index (κ3) is 5.32. The minimum absolute atomic E-state index is 0.262. The van der Waals surface area contributed by atoms with E-state index in [4.69, 9.17) is 4.99 Å². The Labute approximate surface area is 151 Å². The number of hydrogen-bond donors (Lipinski definition) is 1. The van der Waals surface area contributed by atoms with E-state index in [1.807, 2.05) is 31.2 Å². The second-order valence-electron chi connectivity index (χ2n) is 6.29. The molecule has 0 fully saturated rings. The number of amidine groups is 1. The molecule has 0 saturated heterocycles. The molecule has 2 aromatic carbocycles. The van der Waals surface area contributed by atoms with Crippen molar-refractivity contribution in [1.82, 2.24) is 0 Å². The third-order valence-corrected chi connectivity index (χ3v) is 3.78. The van der Waals surface area contributed by atoms with Gasteiger partial charge in [0.15, 0.2) is 0 Å². The Bertz CT molecular complexity index is 779. The molecule has 0 aliphatic carbocycles. The van der Waals surface area contributed by atoms with Crippen molar-refractivity contribution in [3.05, 3.63) is 91.0 Å². The first-order chi connectivity index (χ1) is 12.0. The van der Waals surface area contributed by atoms with Gasteiger partial charge in [0, 0.05) is 17.2 Å². The first-order valence-corrected chi connectivity index (χ1v) is 8.51. The van der Waals surface area contributed by atoms with E-state index in [1.54, 1.807) is 6.08 Å². The SMILES string of the molecule is C=C/C=C(\N=C(Nc1ccc(C(=C)C)cc1)C(C)C)c1ccccc1. The van der Waals surface area contributed by atoms with Crippen LogP contribution in [0.25, 0.3) is 11.3 Å². The molecule has 0 aliphatic rings. The number of nitrogens with zero attached hydrogens (tertiary/aromatic N) is 1. The van der Waals surface area contributed by atoms with Crippen LogP contribution >= 0.6 is 0 Å². The zero-order chi connectivity index (χ0) is 18.2. The normalized spacial score (nSPS) is 12.2. The van der Waals surface area contributed by atoms with Gasteiger partial charge in [-0.15, -0.1) is 0 Å². The summed E-state index contributed by atoms with van der Waals surface area (Å²) in [4.78, 5) is 4.87.